The lowest BCUT2D eigenvalue weighted by Crippen LogP contribution is -2.26. The summed E-state index contributed by atoms with van der Waals surface area (Å²) in [6.45, 7) is 2.05. The fourth-order valence-electron chi connectivity index (χ4n) is 2.17. The molecule has 1 atom stereocenters. The third kappa shape index (κ3) is 2.37. The van der Waals surface area contributed by atoms with E-state index in [0.717, 1.165) is 17.5 Å². The van der Waals surface area contributed by atoms with E-state index < -0.39 is 17.9 Å². The zero-order valence-corrected chi connectivity index (χ0v) is 10.6. The Bertz CT molecular complexity index is 479. The number of carbonyl (C=O) groups is 2. The first kappa shape index (κ1) is 12.6. The Morgan fingerprint density at radius 3 is 2.78 bits per heavy atom. The molecule has 0 amide bonds. The number of carbonyl (C=O) groups excluding carboxylic acids is 2. The van der Waals surface area contributed by atoms with Crippen molar-refractivity contribution in [3.8, 4) is 5.75 Å². The van der Waals surface area contributed by atoms with Crippen LogP contribution in [0, 0.1) is 0 Å². The van der Waals surface area contributed by atoms with Gasteiger partial charge in [0.05, 0.1) is 13.0 Å². The lowest BCUT2D eigenvalue weighted by atomic mass is 9.90. The summed E-state index contributed by atoms with van der Waals surface area (Å²) in [7, 11) is 1.57. The average molecular weight is 248 g/mol. The van der Waals surface area contributed by atoms with Gasteiger partial charge in [0.2, 0.25) is 0 Å². The Morgan fingerprint density at radius 1 is 1.39 bits per heavy atom. The van der Waals surface area contributed by atoms with Crippen LogP contribution in [0.15, 0.2) is 18.2 Å². The number of aryl methyl sites for hydroxylation is 1. The number of cyclic esters (lactones) is 2. The molecule has 1 saturated heterocycles. The second kappa shape index (κ2) is 5.21. The van der Waals surface area contributed by atoms with Crippen LogP contribution in [-0.4, -0.2) is 19.0 Å². The molecule has 0 aliphatic carbocycles. The molecule has 4 nitrogen and oxygen atoms in total. The molecule has 1 aliphatic heterocycles. The molecule has 1 fully saturated rings. The molecule has 1 aromatic carbocycles. The molecule has 2 rings (SSSR count). The highest BCUT2D eigenvalue weighted by Gasteiger charge is 2.32. The summed E-state index contributed by atoms with van der Waals surface area (Å²) in [5, 5.41) is 0. The van der Waals surface area contributed by atoms with Crippen molar-refractivity contribution < 1.29 is 19.1 Å². The van der Waals surface area contributed by atoms with Crippen molar-refractivity contribution in [1.29, 1.82) is 0 Å². The Morgan fingerprint density at radius 2 is 2.17 bits per heavy atom. The van der Waals surface area contributed by atoms with Gasteiger partial charge in [-0.1, -0.05) is 19.1 Å². The Balaban J connectivity index is 2.36. The number of methoxy groups -OCH3 is 1. The molecule has 0 saturated carbocycles. The fraction of sp³-hybridized carbons (Fsp3) is 0.429. The number of hydrogen-bond acceptors (Lipinski definition) is 4. The van der Waals surface area contributed by atoms with Gasteiger partial charge in [0.25, 0.3) is 0 Å². The predicted molar refractivity (Wildman–Crippen MR) is 65.4 cm³/mol. The Kier molecular flexibility index (Phi) is 3.65. The monoisotopic (exact) mass is 248 g/mol. The van der Waals surface area contributed by atoms with Crippen LogP contribution >= 0.6 is 0 Å². The third-order valence-corrected chi connectivity index (χ3v) is 3.21. The zero-order chi connectivity index (χ0) is 13.1. The van der Waals surface area contributed by atoms with E-state index in [4.69, 9.17) is 9.47 Å². The lowest BCUT2D eigenvalue weighted by molar-refractivity contribution is -0.164. The summed E-state index contributed by atoms with van der Waals surface area (Å²) in [4.78, 5) is 22.8. The van der Waals surface area contributed by atoms with Crippen molar-refractivity contribution in [3.05, 3.63) is 29.3 Å². The number of hydrogen-bond donors (Lipinski definition) is 0. The minimum Gasteiger partial charge on any atom is -0.496 e. The van der Waals surface area contributed by atoms with Crippen LogP contribution < -0.4 is 4.74 Å². The van der Waals surface area contributed by atoms with Gasteiger partial charge in [0.15, 0.2) is 0 Å². The van der Waals surface area contributed by atoms with Crippen LogP contribution in [0.3, 0.4) is 0 Å². The van der Waals surface area contributed by atoms with E-state index in [9.17, 15) is 9.59 Å². The molecule has 96 valence electrons. The van der Waals surface area contributed by atoms with E-state index in [1.807, 2.05) is 25.1 Å². The van der Waals surface area contributed by atoms with E-state index in [2.05, 4.69) is 0 Å². The molecule has 4 heteroatoms. The largest absolute Gasteiger partial charge is 0.496 e. The molecule has 1 unspecified atom stereocenters. The molecule has 1 aliphatic rings. The first-order chi connectivity index (χ1) is 8.65. The number of esters is 2. The van der Waals surface area contributed by atoms with E-state index in [1.165, 1.54) is 0 Å². The first-order valence-electron chi connectivity index (χ1n) is 6.07. The van der Waals surface area contributed by atoms with E-state index >= 15 is 0 Å². The molecule has 0 aromatic heterocycles. The van der Waals surface area contributed by atoms with Gasteiger partial charge in [0, 0.05) is 12.0 Å². The smallest absolute Gasteiger partial charge is 0.321 e. The summed E-state index contributed by atoms with van der Waals surface area (Å²) in [6, 6.07) is 5.79. The molecule has 0 spiro atoms. The number of rotatable bonds is 3. The average Bonchev–Trinajstić information content (AvgIpc) is 2.38. The molecule has 1 aromatic rings. The molecular weight excluding hydrogens is 232 g/mol. The predicted octanol–water partition coefficient (Wildman–Crippen LogP) is 2.20. The van der Waals surface area contributed by atoms with Crippen LogP contribution in [-0.2, 0) is 20.7 Å². The van der Waals surface area contributed by atoms with Gasteiger partial charge in [-0.15, -0.1) is 0 Å². The van der Waals surface area contributed by atoms with Crippen molar-refractivity contribution in [1.82, 2.24) is 0 Å². The summed E-state index contributed by atoms with van der Waals surface area (Å²) in [5.41, 5.74) is 1.95. The van der Waals surface area contributed by atoms with E-state index in [1.54, 1.807) is 7.11 Å². The summed E-state index contributed by atoms with van der Waals surface area (Å²) < 4.78 is 9.97. The van der Waals surface area contributed by atoms with Gasteiger partial charge < -0.3 is 9.47 Å². The van der Waals surface area contributed by atoms with Gasteiger partial charge in [-0.3, -0.25) is 9.59 Å². The zero-order valence-electron chi connectivity index (χ0n) is 10.6. The van der Waals surface area contributed by atoms with Crippen molar-refractivity contribution in [2.24, 2.45) is 0 Å². The maximum absolute atomic E-state index is 11.8. The summed E-state index contributed by atoms with van der Waals surface area (Å²) >= 11 is 0. The van der Waals surface area contributed by atoms with Crippen molar-refractivity contribution >= 4 is 11.9 Å². The normalized spacial score (nSPS) is 19.6. The van der Waals surface area contributed by atoms with Gasteiger partial charge in [-0.25, -0.2) is 0 Å². The summed E-state index contributed by atoms with van der Waals surface area (Å²) in [5.74, 6) is -0.646. The minimum atomic E-state index is -0.474. The number of benzene rings is 1. The maximum Gasteiger partial charge on any atom is 0.321 e. The molecule has 0 radical (unpaired) electrons. The Hall–Kier alpha value is -1.84. The van der Waals surface area contributed by atoms with Crippen LogP contribution in [0.2, 0.25) is 0 Å². The van der Waals surface area contributed by atoms with Crippen LogP contribution in [0.1, 0.15) is 36.8 Å². The fourth-order valence-corrected chi connectivity index (χ4v) is 2.17. The van der Waals surface area contributed by atoms with Crippen LogP contribution in [0.25, 0.3) is 0 Å². The van der Waals surface area contributed by atoms with Crippen molar-refractivity contribution in [3.63, 3.8) is 0 Å². The highest BCUT2D eigenvalue weighted by atomic mass is 16.6. The molecule has 0 bridgehead atoms. The van der Waals surface area contributed by atoms with Gasteiger partial charge >= 0.3 is 11.9 Å². The van der Waals surface area contributed by atoms with Gasteiger partial charge in [-0.2, -0.15) is 0 Å². The number of ether oxygens (including phenoxy) is 2. The van der Waals surface area contributed by atoms with Gasteiger partial charge in [0.1, 0.15) is 5.75 Å². The highest BCUT2D eigenvalue weighted by Crippen LogP contribution is 2.34. The van der Waals surface area contributed by atoms with Gasteiger partial charge in [-0.05, 0) is 24.5 Å². The highest BCUT2D eigenvalue weighted by molar-refractivity contribution is 5.92. The SMILES string of the molecule is CCc1ccc(OC)c(C2CCC(=O)OC2=O)c1. The molecular formula is C14H16O4. The van der Waals surface area contributed by atoms with Crippen LogP contribution in [0.4, 0.5) is 0 Å². The second-order valence-electron chi connectivity index (χ2n) is 4.31. The standard InChI is InChI=1S/C14H16O4/c1-3-9-4-6-12(17-2)11(8-9)10-5-7-13(15)18-14(10)16/h4,6,8,10H,3,5,7H2,1-2H3. The minimum absolute atomic E-state index is 0.274. The molecule has 1 heterocycles. The first-order valence-corrected chi connectivity index (χ1v) is 6.07. The van der Waals surface area contributed by atoms with E-state index in [0.29, 0.717) is 12.2 Å². The van der Waals surface area contributed by atoms with E-state index in [-0.39, 0.29) is 6.42 Å². The Labute approximate surface area is 106 Å². The van der Waals surface area contributed by atoms with Crippen molar-refractivity contribution in [2.45, 2.75) is 32.1 Å². The maximum atomic E-state index is 11.8. The lowest BCUT2D eigenvalue weighted by Gasteiger charge is -2.22. The quantitative estimate of drug-likeness (QED) is 0.608. The summed E-state index contributed by atoms with van der Waals surface area (Å²) in [6.07, 6.45) is 1.65. The molecule has 0 N–H and O–H groups in total. The van der Waals surface area contributed by atoms with Crippen molar-refractivity contribution in [2.75, 3.05) is 7.11 Å². The second-order valence-corrected chi connectivity index (χ2v) is 4.31. The van der Waals surface area contributed by atoms with Crippen LogP contribution in [0.5, 0.6) is 5.75 Å². The third-order valence-electron chi connectivity index (χ3n) is 3.21. The molecule has 18 heavy (non-hydrogen) atoms. The topological polar surface area (TPSA) is 52.6 Å².